The maximum Gasteiger partial charge on any atom is 0.244 e. The van der Waals surface area contributed by atoms with Crippen LogP contribution in [0.4, 0.5) is 5.82 Å². The lowest BCUT2D eigenvalue weighted by atomic mass is 10.1. The summed E-state index contributed by atoms with van der Waals surface area (Å²) in [5.41, 5.74) is 9.90. The number of halogens is 2. The van der Waals surface area contributed by atoms with Crippen molar-refractivity contribution in [3.8, 4) is 16.9 Å². The van der Waals surface area contributed by atoms with Crippen molar-refractivity contribution in [1.29, 1.82) is 0 Å². The Labute approximate surface area is 243 Å². The smallest absolute Gasteiger partial charge is 0.244 e. The molecule has 6 rings (SSSR count). The summed E-state index contributed by atoms with van der Waals surface area (Å²) in [6, 6.07) is 19.9. The number of fused-ring (bicyclic) bond motifs is 1. The maximum absolute atomic E-state index is 13.2. The molecule has 4 N–H and O–H groups in total. The molecule has 6 aromatic rings. The van der Waals surface area contributed by atoms with Crippen LogP contribution in [-0.2, 0) is 11.2 Å². The molecule has 13 heteroatoms. The number of anilines is 1. The maximum atomic E-state index is 13.2. The number of nitrogens with two attached hydrogens (primary N) is 1. The highest BCUT2D eigenvalue weighted by Crippen LogP contribution is 2.32. The molecule has 0 saturated heterocycles. The number of rotatable bonds is 8. The molecule has 41 heavy (non-hydrogen) atoms. The van der Waals surface area contributed by atoms with Gasteiger partial charge in [-0.1, -0.05) is 64.8 Å². The molecule has 11 nitrogen and oxygen atoms in total. The number of aromatic amines is 1. The van der Waals surface area contributed by atoms with E-state index in [0.29, 0.717) is 61.7 Å². The van der Waals surface area contributed by atoms with Crippen molar-refractivity contribution >= 4 is 52.0 Å². The topological polar surface area (TPSA) is 153 Å². The molecule has 0 aliphatic carbocycles. The van der Waals surface area contributed by atoms with Crippen LogP contribution >= 0.6 is 23.2 Å². The minimum absolute atomic E-state index is 0.307. The van der Waals surface area contributed by atoms with Gasteiger partial charge in [-0.15, -0.1) is 5.10 Å². The van der Waals surface area contributed by atoms with E-state index in [-0.39, 0.29) is 5.91 Å². The van der Waals surface area contributed by atoms with Crippen LogP contribution in [0.1, 0.15) is 23.0 Å². The number of carbonyl (C=O) groups excluding carboxylic acids is 1. The van der Waals surface area contributed by atoms with E-state index in [0.717, 1.165) is 5.56 Å². The summed E-state index contributed by atoms with van der Waals surface area (Å²) in [4.78, 5) is 21.1. The van der Waals surface area contributed by atoms with Gasteiger partial charge in [-0.3, -0.25) is 4.79 Å². The third-order valence-electron chi connectivity index (χ3n) is 6.38. The fourth-order valence-corrected chi connectivity index (χ4v) is 4.85. The number of benzene rings is 3. The van der Waals surface area contributed by atoms with E-state index in [4.69, 9.17) is 38.4 Å². The molecular formula is C28H21Cl2N9O2. The second-order valence-electron chi connectivity index (χ2n) is 9.11. The molecule has 3 aromatic carbocycles. The van der Waals surface area contributed by atoms with E-state index < -0.39 is 6.04 Å². The lowest BCUT2D eigenvalue weighted by Crippen LogP contribution is -2.29. The first kappa shape index (κ1) is 26.2. The molecule has 0 bridgehead atoms. The SMILES string of the molecule is Nc1noc2cc(-c3nc([C@H](Cc4ccccc4)NC(=O)C=Cc4cc(Cl)ccc4-n4cnnn4)[nH]c3Cl)ccc12. The average Bonchev–Trinajstić information content (AvgIpc) is 3.73. The van der Waals surface area contributed by atoms with Crippen LogP contribution in [0.2, 0.25) is 10.2 Å². The zero-order chi connectivity index (χ0) is 28.3. The van der Waals surface area contributed by atoms with Gasteiger partial charge in [0, 0.05) is 22.2 Å². The van der Waals surface area contributed by atoms with Crippen molar-refractivity contribution in [3.05, 3.63) is 106 Å². The van der Waals surface area contributed by atoms with Crippen LogP contribution in [0.3, 0.4) is 0 Å². The Balaban J connectivity index is 1.29. The van der Waals surface area contributed by atoms with Gasteiger partial charge in [-0.25, -0.2) is 4.98 Å². The molecule has 0 aliphatic heterocycles. The van der Waals surface area contributed by atoms with Gasteiger partial charge in [-0.05, 0) is 58.8 Å². The monoisotopic (exact) mass is 585 g/mol. The van der Waals surface area contributed by atoms with Crippen LogP contribution in [0.15, 0.2) is 83.7 Å². The zero-order valence-corrected chi connectivity index (χ0v) is 22.7. The number of nitrogens with zero attached hydrogens (tertiary/aromatic N) is 6. The van der Waals surface area contributed by atoms with Crippen molar-refractivity contribution in [2.24, 2.45) is 0 Å². The zero-order valence-electron chi connectivity index (χ0n) is 21.2. The summed E-state index contributed by atoms with van der Waals surface area (Å²) in [6.45, 7) is 0. The largest absolute Gasteiger partial charge is 0.380 e. The highest BCUT2D eigenvalue weighted by Gasteiger charge is 2.21. The number of nitrogens with one attached hydrogen (secondary N) is 2. The van der Waals surface area contributed by atoms with E-state index in [1.165, 1.54) is 17.1 Å². The fourth-order valence-electron chi connectivity index (χ4n) is 4.42. The molecule has 0 unspecified atom stereocenters. The van der Waals surface area contributed by atoms with E-state index in [1.807, 2.05) is 36.4 Å². The molecular weight excluding hydrogens is 565 g/mol. The van der Waals surface area contributed by atoms with Gasteiger partial charge in [0.2, 0.25) is 5.91 Å². The number of carbonyl (C=O) groups is 1. The molecule has 3 heterocycles. The number of nitrogen functional groups attached to an aromatic ring is 1. The van der Waals surface area contributed by atoms with Gasteiger partial charge >= 0.3 is 0 Å². The van der Waals surface area contributed by atoms with Gasteiger partial charge in [0.1, 0.15) is 23.0 Å². The van der Waals surface area contributed by atoms with Crippen LogP contribution in [-0.4, -0.2) is 41.2 Å². The second-order valence-corrected chi connectivity index (χ2v) is 9.92. The molecule has 1 atom stereocenters. The number of H-pyrrole nitrogens is 1. The first-order chi connectivity index (χ1) is 19.9. The minimum Gasteiger partial charge on any atom is -0.380 e. The fraction of sp³-hybridized carbons (Fsp3) is 0.0714. The standard InChI is InChI=1S/C28H21Cl2N9O2/c29-19-8-10-22(39-15-32-37-38-39)17(13-19)7-11-24(40)33-21(12-16-4-2-1-3-5-16)28-34-25(26(30)35-28)18-6-9-20-23(14-18)41-36-27(20)31/h1-11,13-15,21H,12H2,(H2,31,36)(H,33,40)(H,34,35)/t21-/m0/s1. The summed E-state index contributed by atoms with van der Waals surface area (Å²) in [7, 11) is 0. The Bertz CT molecular complexity index is 1860. The Morgan fingerprint density at radius 2 is 1.98 bits per heavy atom. The van der Waals surface area contributed by atoms with Gasteiger partial charge in [0.15, 0.2) is 11.4 Å². The van der Waals surface area contributed by atoms with Crippen LogP contribution < -0.4 is 11.1 Å². The summed E-state index contributed by atoms with van der Waals surface area (Å²) in [5, 5.41) is 19.7. The number of amides is 1. The average molecular weight is 586 g/mol. The molecule has 0 saturated carbocycles. The number of hydrogen-bond donors (Lipinski definition) is 3. The summed E-state index contributed by atoms with van der Waals surface area (Å²) in [6.07, 6.45) is 5.00. The second kappa shape index (κ2) is 11.2. The molecule has 0 spiro atoms. The number of aromatic nitrogens is 7. The normalized spacial score (nSPS) is 12.2. The van der Waals surface area contributed by atoms with E-state index >= 15 is 0 Å². The van der Waals surface area contributed by atoms with E-state index in [2.05, 4.69) is 31.0 Å². The van der Waals surface area contributed by atoms with Crippen molar-refractivity contribution < 1.29 is 9.32 Å². The Morgan fingerprint density at radius 3 is 2.78 bits per heavy atom. The van der Waals surface area contributed by atoms with Crippen molar-refractivity contribution in [2.75, 3.05) is 5.73 Å². The third-order valence-corrected chi connectivity index (χ3v) is 6.89. The predicted molar refractivity (Wildman–Crippen MR) is 155 cm³/mol. The molecule has 0 fully saturated rings. The third kappa shape index (κ3) is 5.67. The highest BCUT2D eigenvalue weighted by atomic mass is 35.5. The quantitative estimate of drug-likeness (QED) is 0.206. The van der Waals surface area contributed by atoms with Crippen molar-refractivity contribution in [1.82, 2.24) is 40.6 Å². The van der Waals surface area contributed by atoms with Crippen LogP contribution in [0.5, 0.6) is 0 Å². The molecule has 3 aromatic heterocycles. The Hall–Kier alpha value is -5.00. The van der Waals surface area contributed by atoms with Crippen LogP contribution in [0.25, 0.3) is 34.0 Å². The summed E-state index contributed by atoms with van der Waals surface area (Å²) in [5.74, 6) is 0.452. The number of imidazole rings is 1. The highest BCUT2D eigenvalue weighted by molar-refractivity contribution is 6.32. The van der Waals surface area contributed by atoms with Crippen LogP contribution in [0, 0.1) is 0 Å². The van der Waals surface area contributed by atoms with Gasteiger partial charge in [0.25, 0.3) is 0 Å². The molecule has 0 aliphatic rings. The van der Waals surface area contributed by atoms with Crippen molar-refractivity contribution in [2.45, 2.75) is 12.5 Å². The Kier molecular flexibility index (Phi) is 7.19. The lowest BCUT2D eigenvalue weighted by Gasteiger charge is -2.16. The summed E-state index contributed by atoms with van der Waals surface area (Å²) >= 11 is 12.8. The van der Waals surface area contributed by atoms with Gasteiger partial charge < -0.3 is 20.6 Å². The van der Waals surface area contributed by atoms with Gasteiger partial charge in [-0.2, -0.15) is 4.68 Å². The Morgan fingerprint density at radius 1 is 1.12 bits per heavy atom. The van der Waals surface area contributed by atoms with Gasteiger partial charge in [0.05, 0.1) is 17.1 Å². The summed E-state index contributed by atoms with van der Waals surface area (Å²) < 4.78 is 6.79. The molecule has 0 radical (unpaired) electrons. The van der Waals surface area contributed by atoms with Crippen molar-refractivity contribution in [3.63, 3.8) is 0 Å². The first-order valence-electron chi connectivity index (χ1n) is 12.4. The lowest BCUT2D eigenvalue weighted by molar-refractivity contribution is -0.117. The van der Waals surface area contributed by atoms with E-state index in [1.54, 1.807) is 36.4 Å². The van der Waals surface area contributed by atoms with E-state index in [9.17, 15) is 4.79 Å². The number of tetrazole rings is 1. The molecule has 204 valence electrons. The number of hydrogen-bond acceptors (Lipinski definition) is 8. The predicted octanol–water partition coefficient (Wildman–Crippen LogP) is 5.20. The first-order valence-corrected chi connectivity index (χ1v) is 13.2. The molecule has 1 amide bonds. The minimum atomic E-state index is -0.524.